The molecule has 0 saturated carbocycles. The van der Waals surface area contributed by atoms with Gasteiger partial charge >= 0.3 is 6.09 Å². The molecule has 1 heterocycles. The minimum atomic E-state index is -0.419. The smallest absolute Gasteiger partial charge is 0.414 e. The number of carbonyl (C=O) groups excluding carboxylic acids is 3. The number of rotatable bonds is 3. The van der Waals surface area contributed by atoms with Crippen molar-refractivity contribution in [3.8, 4) is 0 Å². The van der Waals surface area contributed by atoms with E-state index in [0.717, 1.165) is 29.7 Å². The number of cyclic esters (lactones) is 1. The Morgan fingerprint density at radius 1 is 1.36 bits per heavy atom. The highest BCUT2D eigenvalue weighted by atomic mass is 16.6. The van der Waals surface area contributed by atoms with Crippen LogP contribution in [0.15, 0.2) is 18.2 Å². The van der Waals surface area contributed by atoms with Crippen molar-refractivity contribution in [1.29, 1.82) is 0 Å². The molecular weight excluding hydrogens is 284 g/mol. The lowest BCUT2D eigenvalue weighted by molar-refractivity contribution is -0.119. The van der Waals surface area contributed by atoms with Crippen LogP contribution >= 0.6 is 0 Å². The van der Waals surface area contributed by atoms with E-state index in [1.807, 2.05) is 6.07 Å². The lowest BCUT2D eigenvalue weighted by Gasteiger charge is -2.19. The van der Waals surface area contributed by atoms with Crippen LogP contribution in [0.4, 0.5) is 10.5 Å². The summed E-state index contributed by atoms with van der Waals surface area (Å²) in [6.45, 7) is 2.13. The fourth-order valence-electron chi connectivity index (χ4n) is 2.90. The number of ketones is 1. The summed E-state index contributed by atoms with van der Waals surface area (Å²) in [5, 5.41) is 2.65. The molecule has 1 atom stereocenters. The van der Waals surface area contributed by atoms with Crippen molar-refractivity contribution in [2.24, 2.45) is 0 Å². The minimum Gasteiger partial charge on any atom is -0.442 e. The Labute approximate surface area is 128 Å². The maximum Gasteiger partial charge on any atom is 0.414 e. The van der Waals surface area contributed by atoms with Crippen molar-refractivity contribution in [2.45, 2.75) is 32.3 Å². The van der Waals surface area contributed by atoms with Crippen LogP contribution in [-0.4, -0.2) is 37.0 Å². The Balaban J connectivity index is 1.75. The van der Waals surface area contributed by atoms with E-state index >= 15 is 0 Å². The van der Waals surface area contributed by atoms with Crippen LogP contribution in [0, 0.1) is 0 Å². The predicted octanol–water partition coefficient (Wildman–Crippen LogP) is 1.67. The fourth-order valence-corrected chi connectivity index (χ4v) is 2.90. The van der Waals surface area contributed by atoms with Crippen molar-refractivity contribution < 1.29 is 19.1 Å². The molecule has 3 rings (SSSR count). The van der Waals surface area contributed by atoms with E-state index in [2.05, 4.69) is 5.32 Å². The average Bonchev–Trinajstić information content (AvgIpc) is 2.86. The van der Waals surface area contributed by atoms with Crippen molar-refractivity contribution in [3.63, 3.8) is 0 Å². The summed E-state index contributed by atoms with van der Waals surface area (Å²) in [6.07, 6.45) is 1.53. The number of nitrogens with zero attached hydrogens (tertiary/aromatic N) is 1. The molecule has 1 saturated heterocycles. The van der Waals surface area contributed by atoms with Crippen molar-refractivity contribution >= 4 is 23.5 Å². The quantitative estimate of drug-likeness (QED) is 0.921. The zero-order valence-electron chi connectivity index (χ0n) is 12.4. The van der Waals surface area contributed by atoms with Gasteiger partial charge in [0.15, 0.2) is 5.78 Å². The zero-order valence-corrected chi connectivity index (χ0v) is 12.4. The number of amides is 2. The number of aryl methyl sites for hydroxylation is 1. The number of anilines is 1. The third-order valence-electron chi connectivity index (χ3n) is 4.00. The molecule has 1 N–H and O–H groups in total. The zero-order chi connectivity index (χ0) is 15.7. The second kappa shape index (κ2) is 5.79. The van der Waals surface area contributed by atoms with E-state index in [1.54, 1.807) is 17.0 Å². The third-order valence-corrected chi connectivity index (χ3v) is 4.00. The monoisotopic (exact) mass is 302 g/mol. The van der Waals surface area contributed by atoms with E-state index in [4.69, 9.17) is 4.74 Å². The highest BCUT2D eigenvalue weighted by Gasteiger charge is 2.33. The molecule has 22 heavy (non-hydrogen) atoms. The highest BCUT2D eigenvalue weighted by Crippen LogP contribution is 2.28. The summed E-state index contributed by atoms with van der Waals surface area (Å²) in [5.74, 6) is 0.0159. The first-order chi connectivity index (χ1) is 10.5. The standard InChI is InChI=1S/C16H18N2O4/c1-10(19)17-8-13-9-18(16(21)22-13)12-5-6-14-11(7-12)3-2-4-15(14)20/h5-7,13H,2-4,8-9H2,1H3,(H,17,19)/t13-/m0/s1. The largest absolute Gasteiger partial charge is 0.442 e. The molecule has 116 valence electrons. The summed E-state index contributed by atoms with van der Waals surface area (Å²) in [7, 11) is 0. The molecule has 2 aliphatic rings. The molecule has 6 nitrogen and oxygen atoms in total. The van der Waals surface area contributed by atoms with Gasteiger partial charge in [0.05, 0.1) is 13.1 Å². The number of hydrogen-bond donors (Lipinski definition) is 1. The van der Waals surface area contributed by atoms with Crippen molar-refractivity contribution in [2.75, 3.05) is 18.0 Å². The summed E-state index contributed by atoms with van der Waals surface area (Å²) in [5.41, 5.74) is 2.49. The number of benzene rings is 1. The first-order valence-corrected chi connectivity index (χ1v) is 7.43. The van der Waals surface area contributed by atoms with Gasteiger partial charge in [0.1, 0.15) is 6.10 Å². The van der Waals surface area contributed by atoms with Gasteiger partial charge in [-0.1, -0.05) is 0 Å². The van der Waals surface area contributed by atoms with Crippen LogP contribution in [0.5, 0.6) is 0 Å². The Morgan fingerprint density at radius 2 is 2.18 bits per heavy atom. The van der Waals surface area contributed by atoms with Gasteiger partial charge in [0, 0.05) is 24.6 Å². The molecule has 0 unspecified atom stereocenters. The number of hydrogen-bond acceptors (Lipinski definition) is 4. The fraction of sp³-hybridized carbons (Fsp3) is 0.438. The summed E-state index contributed by atoms with van der Waals surface area (Å²) < 4.78 is 5.25. The van der Waals surface area contributed by atoms with E-state index in [-0.39, 0.29) is 17.8 Å². The molecule has 1 aliphatic heterocycles. The molecule has 0 radical (unpaired) electrons. The van der Waals surface area contributed by atoms with Gasteiger partial charge in [-0.3, -0.25) is 14.5 Å². The van der Waals surface area contributed by atoms with Gasteiger partial charge in [-0.25, -0.2) is 4.79 Å². The lowest BCUT2D eigenvalue weighted by Crippen LogP contribution is -2.33. The Bertz CT molecular complexity index is 641. The van der Waals surface area contributed by atoms with E-state index in [9.17, 15) is 14.4 Å². The molecule has 0 spiro atoms. The summed E-state index contributed by atoms with van der Waals surface area (Å²) in [6, 6.07) is 5.47. The van der Waals surface area contributed by atoms with Crippen LogP contribution in [0.3, 0.4) is 0 Å². The minimum absolute atomic E-state index is 0.151. The molecule has 1 fully saturated rings. The Kier molecular flexibility index (Phi) is 3.83. The topological polar surface area (TPSA) is 75.7 Å². The van der Waals surface area contributed by atoms with Crippen LogP contribution in [0.1, 0.15) is 35.7 Å². The van der Waals surface area contributed by atoms with Crippen molar-refractivity contribution in [3.05, 3.63) is 29.3 Å². The van der Waals surface area contributed by atoms with Crippen LogP contribution < -0.4 is 10.2 Å². The van der Waals surface area contributed by atoms with Gasteiger partial charge in [0.2, 0.25) is 5.91 Å². The maximum atomic E-state index is 12.0. The number of Topliss-reactive ketones (excluding diaryl/α,β-unsaturated/α-hetero) is 1. The Morgan fingerprint density at radius 3 is 2.95 bits per heavy atom. The predicted molar refractivity (Wildman–Crippen MR) is 80.0 cm³/mol. The number of fused-ring (bicyclic) bond motifs is 1. The number of nitrogens with one attached hydrogen (secondary N) is 1. The van der Waals surface area contributed by atoms with E-state index < -0.39 is 6.09 Å². The molecule has 2 amide bonds. The number of ether oxygens (including phenoxy) is 1. The van der Waals surface area contributed by atoms with Gasteiger partial charge in [-0.05, 0) is 36.6 Å². The maximum absolute atomic E-state index is 12.0. The highest BCUT2D eigenvalue weighted by molar-refractivity contribution is 5.99. The second-order valence-corrected chi connectivity index (χ2v) is 5.67. The lowest BCUT2D eigenvalue weighted by atomic mass is 9.90. The van der Waals surface area contributed by atoms with Crippen LogP contribution in [0.2, 0.25) is 0 Å². The average molecular weight is 302 g/mol. The molecule has 1 aromatic carbocycles. The molecule has 0 bridgehead atoms. The number of carbonyl (C=O) groups is 3. The molecule has 1 aromatic rings. The second-order valence-electron chi connectivity index (χ2n) is 5.67. The first-order valence-electron chi connectivity index (χ1n) is 7.43. The van der Waals surface area contributed by atoms with E-state index in [0.29, 0.717) is 19.5 Å². The van der Waals surface area contributed by atoms with Crippen LogP contribution in [0.25, 0.3) is 0 Å². The third kappa shape index (κ3) is 2.81. The summed E-state index contributed by atoms with van der Waals surface area (Å²) in [4.78, 5) is 36.3. The normalized spacial score (nSPS) is 20.6. The van der Waals surface area contributed by atoms with Gasteiger partial charge in [-0.2, -0.15) is 0 Å². The summed E-state index contributed by atoms with van der Waals surface area (Å²) >= 11 is 0. The molecule has 6 heteroatoms. The van der Waals surface area contributed by atoms with Gasteiger partial charge in [-0.15, -0.1) is 0 Å². The van der Waals surface area contributed by atoms with Crippen LogP contribution in [-0.2, 0) is 16.0 Å². The SMILES string of the molecule is CC(=O)NC[C@H]1CN(c2ccc3c(c2)CCCC3=O)C(=O)O1. The first kappa shape index (κ1) is 14.6. The van der Waals surface area contributed by atoms with E-state index in [1.165, 1.54) is 6.92 Å². The van der Waals surface area contributed by atoms with Gasteiger partial charge < -0.3 is 10.1 Å². The molecule has 1 aliphatic carbocycles. The molecular formula is C16H18N2O4. The van der Waals surface area contributed by atoms with Gasteiger partial charge in [0.25, 0.3) is 0 Å². The van der Waals surface area contributed by atoms with Crippen molar-refractivity contribution in [1.82, 2.24) is 5.32 Å². The Hall–Kier alpha value is -2.37. The molecule has 0 aromatic heterocycles.